The van der Waals surface area contributed by atoms with Crippen LogP contribution in [0.4, 0.5) is 14.5 Å². The zero-order valence-corrected chi connectivity index (χ0v) is 22.9. The molecule has 0 aliphatic carbocycles. The van der Waals surface area contributed by atoms with Crippen molar-refractivity contribution in [2.24, 2.45) is 5.92 Å². The van der Waals surface area contributed by atoms with Gasteiger partial charge in [-0.2, -0.15) is 0 Å². The van der Waals surface area contributed by atoms with Gasteiger partial charge in [-0.05, 0) is 85.7 Å². The van der Waals surface area contributed by atoms with Crippen molar-refractivity contribution >= 4 is 40.2 Å². The molecule has 206 valence electrons. The number of rotatable bonds is 8. The van der Waals surface area contributed by atoms with Gasteiger partial charge in [0.15, 0.2) is 5.78 Å². The van der Waals surface area contributed by atoms with Gasteiger partial charge in [0.1, 0.15) is 11.6 Å². The van der Waals surface area contributed by atoms with Gasteiger partial charge < -0.3 is 9.62 Å². The van der Waals surface area contributed by atoms with Crippen LogP contribution in [0.15, 0.2) is 83.9 Å². The van der Waals surface area contributed by atoms with E-state index in [4.69, 9.17) is 0 Å². The van der Waals surface area contributed by atoms with Gasteiger partial charge in [-0.25, -0.2) is 8.78 Å². The molecular weight excluding hydrogens is 528 g/mol. The number of benzene rings is 3. The summed E-state index contributed by atoms with van der Waals surface area (Å²) in [7, 11) is 0. The van der Waals surface area contributed by atoms with Crippen molar-refractivity contribution in [3.8, 4) is 0 Å². The maximum absolute atomic E-state index is 14.0. The van der Waals surface area contributed by atoms with Crippen molar-refractivity contribution in [2.45, 2.75) is 43.4 Å². The average Bonchev–Trinajstić information content (AvgIpc) is 2.95. The molecule has 1 fully saturated rings. The number of hydrogen-bond donors (Lipinski definition) is 1. The Morgan fingerprint density at radius 3 is 2.45 bits per heavy atom. The van der Waals surface area contributed by atoms with Crippen LogP contribution in [0.2, 0.25) is 0 Å². The Bertz CT molecular complexity index is 1470. The van der Waals surface area contributed by atoms with Crippen LogP contribution in [0.25, 0.3) is 10.9 Å². The molecule has 5 nitrogen and oxygen atoms in total. The summed E-state index contributed by atoms with van der Waals surface area (Å²) in [6, 6.07) is 21.0. The molecule has 1 saturated heterocycles. The molecule has 40 heavy (non-hydrogen) atoms. The van der Waals surface area contributed by atoms with Crippen LogP contribution in [-0.2, 0) is 0 Å². The molecule has 0 bridgehead atoms. The van der Waals surface area contributed by atoms with E-state index in [1.54, 1.807) is 6.20 Å². The Morgan fingerprint density at radius 2 is 1.65 bits per heavy atom. The first-order chi connectivity index (χ1) is 19.5. The largest absolute Gasteiger partial charge is 0.339 e. The highest BCUT2D eigenvalue weighted by atomic mass is 32.2. The predicted octanol–water partition coefficient (Wildman–Crippen LogP) is 7.93. The molecule has 1 aliphatic heterocycles. The van der Waals surface area contributed by atoms with Crippen molar-refractivity contribution in [2.75, 3.05) is 17.8 Å². The van der Waals surface area contributed by atoms with Gasteiger partial charge in [0, 0.05) is 42.3 Å². The quantitative estimate of drug-likeness (QED) is 0.175. The molecule has 1 amide bonds. The second-order valence-electron chi connectivity index (χ2n) is 10.1. The summed E-state index contributed by atoms with van der Waals surface area (Å²) < 4.78 is 31.3. The number of pyridine rings is 1. The summed E-state index contributed by atoms with van der Waals surface area (Å²) in [6.45, 7) is 1.28. The predicted molar refractivity (Wildman–Crippen MR) is 155 cm³/mol. The lowest BCUT2D eigenvalue weighted by atomic mass is 9.89. The molecular formula is C32H31F2N3O2S. The molecule has 0 saturated carbocycles. The van der Waals surface area contributed by atoms with Gasteiger partial charge in [-0.1, -0.05) is 37.1 Å². The minimum atomic E-state index is -0.815. The first kappa shape index (κ1) is 27.8. The van der Waals surface area contributed by atoms with E-state index in [0.29, 0.717) is 25.1 Å². The molecule has 0 spiro atoms. The topological polar surface area (TPSA) is 62.3 Å². The van der Waals surface area contributed by atoms with Gasteiger partial charge in [-0.3, -0.25) is 14.6 Å². The fourth-order valence-electron chi connectivity index (χ4n) is 5.18. The molecule has 8 heteroatoms. The SMILES string of the molecule is O=C(CCC1CCCCN(C(=O)c2ccc(NSc3cccc4cccnc34)cc2)CC1)c1c(F)cccc1F. The van der Waals surface area contributed by atoms with Crippen LogP contribution in [0, 0.1) is 17.6 Å². The van der Waals surface area contributed by atoms with E-state index in [9.17, 15) is 18.4 Å². The van der Waals surface area contributed by atoms with Crippen molar-refractivity contribution in [3.63, 3.8) is 0 Å². The molecule has 3 aromatic carbocycles. The number of amides is 1. The van der Waals surface area contributed by atoms with Gasteiger partial charge in [-0.15, -0.1) is 0 Å². The van der Waals surface area contributed by atoms with E-state index in [-0.39, 0.29) is 18.2 Å². The van der Waals surface area contributed by atoms with Crippen molar-refractivity contribution in [1.29, 1.82) is 0 Å². The first-order valence-corrected chi connectivity index (χ1v) is 14.4. The third-order valence-corrected chi connectivity index (χ3v) is 8.30. The van der Waals surface area contributed by atoms with Crippen molar-refractivity contribution in [3.05, 3.63) is 102 Å². The number of ketones is 1. The lowest BCUT2D eigenvalue weighted by Crippen LogP contribution is -2.35. The molecule has 1 aromatic heterocycles. The lowest BCUT2D eigenvalue weighted by Gasteiger charge is -2.28. The normalized spacial score (nSPS) is 15.8. The number of carbonyl (C=O) groups excluding carboxylic acids is 2. The van der Waals surface area contributed by atoms with E-state index < -0.39 is 23.0 Å². The van der Waals surface area contributed by atoms with E-state index in [1.807, 2.05) is 59.5 Å². The highest BCUT2D eigenvalue weighted by molar-refractivity contribution is 8.00. The van der Waals surface area contributed by atoms with Crippen molar-refractivity contribution < 1.29 is 18.4 Å². The summed E-state index contributed by atoms with van der Waals surface area (Å²) >= 11 is 1.48. The van der Waals surface area contributed by atoms with Crippen LogP contribution in [-0.4, -0.2) is 34.7 Å². The molecule has 4 aromatic rings. The summed E-state index contributed by atoms with van der Waals surface area (Å²) in [5.41, 5.74) is 2.01. The Kier molecular flexibility index (Phi) is 9.06. The van der Waals surface area contributed by atoms with E-state index in [1.165, 1.54) is 18.0 Å². The van der Waals surface area contributed by atoms with Crippen LogP contribution in [0.1, 0.15) is 59.2 Å². The standard InChI is InChI=1S/C32H31F2N3O2S/c33-26-9-4-10-27(34)30(26)28(38)17-12-22-6-1-2-20-37(21-18-22)32(39)24-13-15-25(16-14-24)36-40-29-11-3-7-23-8-5-19-35-31(23)29/h3-5,7-11,13-16,19,22,36H,1-2,6,12,17-18,20-21H2. The minimum Gasteiger partial charge on any atom is -0.339 e. The monoisotopic (exact) mass is 559 g/mol. The molecule has 1 aliphatic rings. The number of Topliss-reactive ketones (excluding diaryl/α,β-unsaturated/α-hetero) is 1. The van der Waals surface area contributed by atoms with Gasteiger partial charge >= 0.3 is 0 Å². The third kappa shape index (κ3) is 6.67. The smallest absolute Gasteiger partial charge is 0.253 e. The summed E-state index contributed by atoms with van der Waals surface area (Å²) in [6.07, 6.45) is 5.96. The average molecular weight is 560 g/mol. The maximum atomic E-state index is 14.0. The third-order valence-electron chi connectivity index (χ3n) is 7.41. The molecule has 2 heterocycles. The highest BCUT2D eigenvalue weighted by Crippen LogP contribution is 2.28. The highest BCUT2D eigenvalue weighted by Gasteiger charge is 2.23. The van der Waals surface area contributed by atoms with Crippen LogP contribution in [0.5, 0.6) is 0 Å². The lowest BCUT2D eigenvalue weighted by molar-refractivity contribution is 0.0724. The van der Waals surface area contributed by atoms with Crippen molar-refractivity contribution in [1.82, 2.24) is 9.88 Å². The Labute approximate surface area is 237 Å². The van der Waals surface area contributed by atoms with E-state index >= 15 is 0 Å². The molecule has 1 atom stereocenters. The first-order valence-electron chi connectivity index (χ1n) is 13.6. The zero-order valence-electron chi connectivity index (χ0n) is 22.1. The van der Waals surface area contributed by atoms with Gasteiger partial charge in [0.2, 0.25) is 0 Å². The second-order valence-corrected chi connectivity index (χ2v) is 11.0. The fourth-order valence-corrected chi connectivity index (χ4v) is 5.96. The molecule has 1 N–H and O–H groups in total. The number of anilines is 1. The van der Waals surface area contributed by atoms with Gasteiger partial charge in [0.25, 0.3) is 5.91 Å². The van der Waals surface area contributed by atoms with Crippen LogP contribution < -0.4 is 4.72 Å². The van der Waals surface area contributed by atoms with Crippen LogP contribution >= 0.6 is 11.9 Å². The number of nitrogens with one attached hydrogen (secondary N) is 1. The number of fused-ring (bicyclic) bond motifs is 1. The van der Waals surface area contributed by atoms with Gasteiger partial charge in [0.05, 0.1) is 16.0 Å². The molecule has 5 rings (SSSR count). The Hall–Kier alpha value is -3.78. The van der Waals surface area contributed by atoms with E-state index in [0.717, 1.165) is 59.3 Å². The molecule has 0 radical (unpaired) electrons. The number of para-hydroxylation sites is 1. The summed E-state index contributed by atoms with van der Waals surface area (Å²) in [4.78, 5) is 33.2. The number of hydrogen-bond acceptors (Lipinski definition) is 5. The number of carbonyl (C=O) groups is 2. The number of nitrogens with zero attached hydrogens (tertiary/aromatic N) is 2. The fraction of sp³-hybridized carbons (Fsp3) is 0.281. The number of halogens is 2. The second kappa shape index (κ2) is 13.0. The zero-order chi connectivity index (χ0) is 27.9. The number of aromatic nitrogens is 1. The maximum Gasteiger partial charge on any atom is 0.253 e. The van der Waals surface area contributed by atoms with Crippen LogP contribution in [0.3, 0.4) is 0 Å². The summed E-state index contributed by atoms with van der Waals surface area (Å²) in [5, 5.41) is 1.08. The minimum absolute atomic E-state index is 0.0115. The molecule has 1 unspecified atom stereocenters. The number of likely N-dealkylation sites (tertiary alicyclic amines) is 1. The Morgan fingerprint density at radius 1 is 0.900 bits per heavy atom. The Balaban J connectivity index is 1.15. The van der Waals surface area contributed by atoms with E-state index in [2.05, 4.69) is 9.71 Å². The summed E-state index contributed by atoms with van der Waals surface area (Å²) in [5.74, 6) is -1.92.